The van der Waals surface area contributed by atoms with Crippen molar-refractivity contribution < 1.29 is 9.53 Å². The molecule has 0 aliphatic carbocycles. The number of rotatable bonds is 4. The van der Waals surface area contributed by atoms with E-state index in [1.54, 1.807) is 30.5 Å². The average Bonchev–Trinajstić information content (AvgIpc) is 3.23. The van der Waals surface area contributed by atoms with E-state index in [1.807, 2.05) is 25.1 Å². The number of aromatic nitrogens is 4. The van der Waals surface area contributed by atoms with E-state index in [0.717, 1.165) is 11.5 Å². The number of methoxy groups -OCH3 is 1. The normalized spacial score (nSPS) is 20.7. The van der Waals surface area contributed by atoms with Crippen molar-refractivity contribution in [3.05, 3.63) is 35.8 Å². The molecule has 1 fully saturated rings. The van der Waals surface area contributed by atoms with Gasteiger partial charge in [-0.2, -0.15) is 15.4 Å². The zero-order chi connectivity index (χ0) is 16.4. The standard InChI is InChI=1S/C15H20N6O2/c1-20(2)14-5-4-10(6-16-14)15(22)21-8-11(13(9-21)23-3)12-7-17-19-18-12/h4-7,11,13H,8-9H2,1-3H3,(H,17,18,19)/t11-,13+/m0/s1. The second kappa shape index (κ2) is 6.33. The lowest BCUT2D eigenvalue weighted by Crippen LogP contribution is -2.30. The quantitative estimate of drug-likeness (QED) is 0.885. The third-order valence-electron chi connectivity index (χ3n) is 4.12. The summed E-state index contributed by atoms with van der Waals surface area (Å²) in [5, 5.41) is 10.6. The first kappa shape index (κ1) is 15.4. The maximum atomic E-state index is 12.7. The number of pyridine rings is 1. The van der Waals surface area contributed by atoms with Gasteiger partial charge in [0, 0.05) is 40.5 Å². The van der Waals surface area contributed by atoms with E-state index in [9.17, 15) is 4.79 Å². The van der Waals surface area contributed by atoms with Gasteiger partial charge in [0.05, 0.1) is 29.5 Å². The molecule has 1 amide bonds. The van der Waals surface area contributed by atoms with Crippen LogP contribution in [0.3, 0.4) is 0 Å². The number of ether oxygens (including phenoxy) is 1. The number of likely N-dealkylation sites (tertiary alicyclic amines) is 1. The summed E-state index contributed by atoms with van der Waals surface area (Å²) in [7, 11) is 5.48. The van der Waals surface area contributed by atoms with Crippen LogP contribution >= 0.6 is 0 Å². The molecule has 122 valence electrons. The van der Waals surface area contributed by atoms with Crippen LogP contribution in [-0.2, 0) is 4.74 Å². The van der Waals surface area contributed by atoms with Gasteiger partial charge in [0.2, 0.25) is 0 Å². The lowest BCUT2D eigenvalue weighted by Gasteiger charge is -2.17. The third kappa shape index (κ3) is 3.02. The maximum Gasteiger partial charge on any atom is 0.255 e. The second-order valence-corrected chi connectivity index (χ2v) is 5.79. The molecule has 2 atom stereocenters. The minimum atomic E-state index is -0.0851. The van der Waals surface area contributed by atoms with Crippen molar-refractivity contribution in [2.75, 3.05) is 39.2 Å². The van der Waals surface area contributed by atoms with Gasteiger partial charge in [-0.05, 0) is 12.1 Å². The highest BCUT2D eigenvalue weighted by atomic mass is 16.5. The fourth-order valence-corrected chi connectivity index (χ4v) is 2.81. The first-order chi connectivity index (χ1) is 11.1. The monoisotopic (exact) mass is 316 g/mol. The lowest BCUT2D eigenvalue weighted by molar-refractivity contribution is 0.0714. The van der Waals surface area contributed by atoms with E-state index < -0.39 is 0 Å². The number of aromatic amines is 1. The summed E-state index contributed by atoms with van der Waals surface area (Å²) in [5.74, 6) is 0.797. The van der Waals surface area contributed by atoms with Crippen LogP contribution in [0.25, 0.3) is 0 Å². The molecule has 1 saturated heterocycles. The van der Waals surface area contributed by atoms with Crippen molar-refractivity contribution in [2.45, 2.75) is 12.0 Å². The number of nitrogens with zero attached hydrogens (tertiary/aromatic N) is 5. The molecule has 8 nitrogen and oxygen atoms in total. The van der Waals surface area contributed by atoms with Crippen LogP contribution < -0.4 is 4.90 Å². The summed E-state index contributed by atoms with van der Waals surface area (Å²) in [4.78, 5) is 20.6. The fourth-order valence-electron chi connectivity index (χ4n) is 2.81. The van der Waals surface area contributed by atoms with Gasteiger partial charge in [-0.3, -0.25) is 4.79 Å². The van der Waals surface area contributed by atoms with E-state index >= 15 is 0 Å². The second-order valence-electron chi connectivity index (χ2n) is 5.79. The molecule has 0 saturated carbocycles. The van der Waals surface area contributed by atoms with Crippen molar-refractivity contribution in [3.63, 3.8) is 0 Å². The molecule has 0 radical (unpaired) electrons. The Balaban J connectivity index is 1.75. The molecule has 8 heteroatoms. The minimum absolute atomic E-state index is 0.0247. The highest BCUT2D eigenvalue weighted by Crippen LogP contribution is 2.28. The van der Waals surface area contributed by atoms with Crippen molar-refractivity contribution in [1.82, 2.24) is 25.3 Å². The molecule has 1 aliphatic heterocycles. The number of hydrogen-bond acceptors (Lipinski definition) is 6. The predicted octanol–water partition coefficient (Wildman–Crippen LogP) is 0.520. The number of nitrogens with one attached hydrogen (secondary N) is 1. The molecular weight excluding hydrogens is 296 g/mol. The first-order valence-electron chi connectivity index (χ1n) is 7.41. The molecule has 1 N–H and O–H groups in total. The summed E-state index contributed by atoms with van der Waals surface area (Å²) in [6.45, 7) is 1.08. The molecule has 3 heterocycles. The van der Waals surface area contributed by atoms with Crippen molar-refractivity contribution >= 4 is 11.7 Å². The summed E-state index contributed by atoms with van der Waals surface area (Å²) in [5.41, 5.74) is 1.39. The Morgan fingerprint density at radius 1 is 1.35 bits per heavy atom. The van der Waals surface area contributed by atoms with Gasteiger partial charge < -0.3 is 14.5 Å². The zero-order valence-electron chi connectivity index (χ0n) is 13.4. The molecule has 23 heavy (non-hydrogen) atoms. The van der Waals surface area contributed by atoms with Gasteiger partial charge in [-0.15, -0.1) is 0 Å². The smallest absolute Gasteiger partial charge is 0.255 e. The van der Waals surface area contributed by atoms with E-state index in [1.165, 1.54) is 0 Å². The van der Waals surface area contributed by atoms with Crippen molar-refractivity contribution in [1.29, 1.82) is 0 Å². The summed E-state index contributed by atoms with van der Waals surface area (Å²) >= 11 is 0. The van der Waals surface area contributed by atoms with Crippen LogP contribution in [0.1, 0.15) is 22.0 Å². The third-order valence-corrected chi connectivity index (χ3v) is 4.12. The molecule has 1 aliphatic rings. The van der Waals surface area contributed by atoms with Gasteiger partial charge in [0.15, 0.2) is 0 Å². The van der Waals surface area contributed by atoms with Gasteiger partial charge in [0.25, 0.3) is 5.91 Å². The Morgan fingerprint density at radius 3 is 2.74 bits per heavy atom. The SMILES string of the molecule is CO[C@@H]1CN(C(=O)c2ccc(N(C)C)nc2)C[C@H]1c1cn[nH]n1. The Bertz CT molecular complexity index is 655. The van der Waals surface area contributed by atoms with Gasteiger partial charge >= 0.3 is 0 Å². The van der Waals surface area contributed by atoms with Crippen molar-refractivity contribution in [3.8, 4) is 0 Å². The predicted molar refractivity (Wildman–Crippen MR) is 84.4 cm³/mol. The Hall–Kier alpha value is -2.48. The molecular formula is C15H20N6O2. The number of amides is 1. The topological polar surface area (TPSA) is 87.2 Å². The first-order valence-corrected chi connectivity index (χ1v) is 7.41. The molecule has 3 rings (SSSR count). The summed E-state index contributed by atoms with van der Waals surface area (Å²) < 4.78 is 5.52. The Labute approximate surface area is 134 Å². The number of anilines is 1. The zero-order valence-corrected chi connectivity index (χ0v) is 13.4. The highest BCUT2D eigenvalue weighted by molar-refractivity contribution is 5.94. The summed E-state index contributed by atoms with van der Waals surface area (Å²) in [6.07, 6.45) is 3.21. The largest absolute Gasteiger partial charge is 0.379 e. The van der Waals surface area contributed by atoms with E-state index in [4.69, 9.17) is 4.74 Å². The minimum Gasteiger partial charge on any atom is -0.379 e. The maximum absolute atomic E-state index is 12.7. The molecule has 2 aromatic heterocycles. The molecule has 0 unspecified atom stereocenters. The number of carbonyl (C=O) groups excluding carboxylic acids is 1. The van der Waals surface area contributed by atoms with E-state index in [-0.39, 0.29) is 17.9 Å². The molecule has 0 aromatic carbocycles. The number of H-pyrrole nitrogens is 1. The Kier molecular flexibility index (Phi) is 4.24. The molecule has 0 spiro atoms. The fraction of sp³-hybridized carbons (Fsp3) is 0.467. The molecule has 2 aromatic rings. The van der Waals surface area contributed by atoms with E-state index in [0.29, 0.717) is 18.7 Å². The van der Waals surface area contributed by atoms with Gasteiger partial charge in [-0.25, -0.2) is 4.98 Å². The van der Waals surface area contributed by atoms with Crippen LogP contribution in [0.4, 0.5) is 5.82 Å². The van der Waals surface area contributed by atoms with Crippen LogP contribution in [0.2, 0.25) is 0 Å². The van der Waals surface area contributed by atoms with Gasteiger partial charge in [-0.1, -0.05) is 0 Å². The van der Waals surface area contributed by atoms with Crippen LogP contribution in [0, 0.1) is 0 Å². The van der Waals surface area contributed by atoms with Crippen LogP contribution in [-0.4, -0.2) is 71.6 Å². The van der Waals surface area contributed by atoms with E-state index in [2.05, 4.69) is 20.4 Å². The number of hydrogen-bond donors (Lipinski definition) is 1. The van der Waals surface area contributed by atoms with Crippen LogP contribution in [0.5, 0.6) is 0 Å². The lowest BCUT2D eigenvalue weighted by atomic mass is 10.0. The average molecular weight is 316 g/mol. The Morgan fingerprint density at radius 2 is 2.17 bits per heavy atom. The number of carbonyl (C=O) groups is 1. The highest BCUT2D eigenvalue weighted by Gasteiger charge is 2.38. The summed E-state index contributed by atoms with van der Waals surface area (Å²) in [6, 6.07) is 3.64. The van der Waals surface area contributed by atoms with Crippen molar-refractivity contribution in [2.24, 2.45) is 0 Å². The van der Waals surface area contributed by atoms with Crippen LogP contribution in [0.15, 0.2) is 24.5 Å². The molecule has 0 bridgehead atoms. The van der Waals surface area contributed by atoms with Gasteiger partial charge in [0.1, 0.15) is 5.82 Å².